The van der Waals surface area contributed by atoms with E-state index in [-0.39, 0.29) is 12.8 Å². The maximum Gasteiger partial charge on any atom is 0.491 e. The van der Waals surface area contributed by atoms with Gasteiger partial charge in [-0.25, -0.2) is 14.8 Å². The summed E-state index contributed by atoms with van der Waals surface area (Å²) in [6, 6.07) is 19.1. The van der Waals surface area contributed by atoms with Crippen LogP contribution < -0.4 is 16.0 Å². The van der Waals surface area contributed by atoms with Crippen LogP contribution >= 0.6 is 0 Å². The molecule has 0 bridgehead atoms. The van der Waals surface area contributed by atoms with Crippen molar-refractivity contribution >= 4 is 29.6 Å². The highest BCUT2D eigenvalue weighted by Gasteiger charge is 2.42. The molecule has 0 aliphatic carbocycles. The molecule has 0 radical (unpaired) electrons. The largest absolute Gasteiger partial charge is 0.491 e. The Morgan fingerprint density at radius 1 is 0.872 bits per heavy atom. The van der Waals surface area contributed by atoms with Crippen molar-refractivity contribution in [2.24, 2.45) is 0 Å². The summed E-state index contributed by atoms with van der Waals surface area (Å²) in [7, 11) is 0. The molecule has 2 amide bonds. The van der Waals surface area contributed by atoms with E-state index in [4.69, 9.17) is 0 Å². The van der Waals surface area contributed by atoms with Crippen molar-refractivity contribution in [1.82, 2.24) is 25.6 Å². The molecule has 246 valence electrons. The molecule has 1 unspecified atom stereocenters. The van der Waals surface area contributed by atoms with Gasteiger partial charge >= 0.3 is 18.1 Å². The normalized spacial score (nSPS) is 12.4. The quantitative estimate of drug-likeness (QED) is 0.0823. The minimum Gasteiger partial charge on any atom is -0.386 e. The second-order valence-corrected chi connectivity index (χ2v) is 10.5. The summed E-state index contributed by atoms with van der Waals surface area (Å²) in [5.41, 5.74) is 2.60. The predicted octanol–water partition coefficient (Wildman–Crippen LogP) is 4.66. The van der Waals surface area contributed by atoms with Crippen molar-refractivity contribution in [3.05, 3.63) is 103 Å². The lowest BCUT2D eigenvalue weighted by Crippen LogP contribution is -2.49. The Morgan fingerprint density at radius 3 is 2.26 bits per heavy atom. The highest BCUT2D eigenvalue weighted by molar-refractivity contribution is 5.90. The summed E-state index contributed by atoms with van der Waals surface area (Å²) in [5, 5.41) is 8.51. The zero-order chi connectivity index (χ0) is 33.6. The number of unbranched alkanes of at least 4 members (excludes halogenated alkanes) is 1. The number of nitrogens with one attached hydrogen (secondary N) is 4. The Balaban J connectivity index is 1.45. The number of hydrogen-bond acceptors (Lipinski definition) is 8. The first-order chi connectivity index (χ1) is 22.6. The first kappa shape index (κ1) is 34.3. The van der Waals surface area contributed by atoms with E-state index in [1.807, 2.05) is 42.5 Å². The standard InChI is InChI=1S/C33H33F3N6O5/c34-33(35,36)32(46)47-30(44)19-26(24-14-12-23(13-15-24)22-8-2-1-3-9-22)42-31(45)27(18-25-20-37-21-40-25)41-29(43)11-5-7-17-39-28-10-4-6-16-38-28/h1-4,6,8-10,12-16,20-21,26-27H,5,7,11,17-19H2,(H,37,40)(H,38,39)(H,41,43)(H,42,45)/t26?,27-/m0/s1. The van der Waals surface area contributed by atoms with Crippen molar-refractivity contribution in [3.8, 4) is 11.1 Å². The van der Waals surface area contributed by atoms with Gasteiger partial charge < -0.3 is 25.7 Å². The molecular weight excluding hydrogens is 617 g/mol. The van der Waals surface area contributed by atoms with Gasteiger partial charge in [0.15, 0.2) is 0 Å². The number of rotatable bonds is 15. The summed E-state index contributed by atoms with van der Waals surface area (Å²) >= 11 is 0. The monoisotopic (exact) mass is 650 g/mol. The fourth-order valence-corrected chi connectivity index (χ4v) is 4.62. The second kappa shape index (κ2) is 16.7. The van der Waals surface area contributed by atoms with E-state index in [1.54, 1.807) is 36.5 Å². The zero-order valence-electron chi connectivity index (χ0n) is 25.1. The Morgan fingerprint density at radius 2 is 1.60 bits per heavy atom. The van der Waals surface area contributed by atoms with E-state index < -0.39 is 48.4 Å². The number of ether oxygens (including phenoxy) is 1. The number of anilines is 1. The Kier molecular flexibility index (Phi) is 12.2. The topological polar surface area (TPSA) is 155 Å². The number of carbonyl (C=O) groups excluding carboxylic acids is 4. The van der Waals surface area contributed by atoms with Crippen LogP contribution in [0.1, 0.15) is 43.0 Å². The zero-order valence-corrected chi connectivity index (χ0v) is 25.1. The minimum atomic E-state index is -5.38. The first-order valence-corrected chi connectivity index (χ1v) is 14.8. The van der Waals surface area contributed by atoms with Crippen molar-refractivity contribution in [2.45, 2.75) is 50.4 Å². The van der Waals surface area contributed by atoms with Crippen LogP contribution in [0.5, 0.6) is 0 Å². The smallest absolute Gasteiger partial charge is 0.386 e. The van der Waals surface area contributed by atoms with Crippen LogP contribution in [0.4, 0.5) is 19.0 Å². The summed E-state index contributed by atoms with van der Waals surface area (Å²) in [6.07, 6.45) is -0.313. The lowest BCUT2D eigenvalue weighted by atomic mass is 9.98. The van der Waals surface area contributed by atoms with E-state index in [0.29, 0.717) is 36.5 Å². The van der Waals surface area contributed by atoms with Crippen LogP contribution in [0.3, 0.4) is 0 Å². The van der Waals surface area contributed by atoms with Gasteiger partial charge in [0.1, 0.15) is 11.9 Å². The lowest BCUT2D eigenvalue weighted by molar-refractivity contribution is -0.202. The van der Waals surface area contributed by atoms with Gasteiger partial charge in [0.05, 0.1) is 18.8 Å². The number of pyridine rings is 1. The van der Waals surface area contributed by atoms with Gasteiger partial charge in [0.25, 0.3) is 0 Å². The van der Waals surface area contributed by atoms with Crippen molar-refractivity contribution < 1.29 is 37.1 Å². The van der Waals surface area contributed by atoms with E-state index in [2.05, 4.69) is 35.6 Å². The molecule has 0 aliphatic heterocycles. The third kappa shape index (κ3) is 11.1. The molecular formula is C33H33F3N6O5. The molecule has 0 saturated heterocycles. The minimum absolute atomic E-state index is 0.00940. The molecule has 47 heavy (non-hydrogen) atoms. The number of hydrogen-bond donors (Lipinski definition) is 4. The average molecular weight is 651 g/mol. The Hall–Kier alpha value is -5.53. The molecule has 4 aromatic rings. The number of amides is 2. The van der Waals surface area contributed by atoms with E-state index >= 15 is 0 Å². The van der Waals surface area contributed by atoms with Crippen LogP contribution in [0.15, 0.2) is 91.5 Å². The molecule has 4 rings (SSSR count). The number of halogens is 3. The average Bonchev–Trinajstić information content (AvgIpc) is 3.58. The number of nitrogens with zero attached hydrogens (tertiary/aromatic N) is 2. The van der Waals surface area contributed by atoms with Crippen LogP contribution in [0, 0.1) is 0 Å². The molecule has 2 aromatic carbocycles. The molecule has 2 atom stereocenters. The Bertz CT molecular complexity index is 1600. The molecule has 0 spiro atoms. The second-order valence-electron chi connectivity index (χ2n) is 10.5. The van der Waals surface area contributed by atoms with Crippen LogP contribution in [-0.2, 0) is 30.3 Å². The predicted molar refractivity (Wildman–Crippen MR) is 165 cm³/mol. The fraction of sp³-hybridized carbons (Fsp3) is 0.273. The number of aromatic amines is 1. The molecule has 2 aromatic heterocycles. The maximum absolute atomic E-state index is 13.6. The third-order valence-electron chi connectivity index (χ3n) is 6.98. The summed E-state index contributed by atoms with van der Waals surface area (Å²) in [6.45, 7) is 0.583. The first-order valence-electron chi connectivity index (χ1n) is 14.8. The van der Waals surface area contributed by atoms with E-state index in [9.17, 15) is 32.3 Å². The molecule has 14 heteroatoms. The summed E-state index contributed by atoms with van der Waals surface area (Å²) in [5.74, 6) is -4.55. The molecule has 2 heterocycles. The van der Waals surface area contributed by atoms with Gasteiger partial charge in [0.2, 0.25) is 11.8 Å². The van der Waals surface area contributed by atoms with Gasteiger partial charge in [-0.05, 0) is 41.7 Å². The van der Waals surface area contributed by atoms with Crippen molar-refractivity contribution in [1.29, 1.82) is 0 Å². The fourth-order valence-electron chi connectivity index (χ4n) is 4.62. The number of benzene rings is 2. The molecule has 0 fully saturated rings. The van der Waals surface area contributed by atoms with E-state index in [1.165, 1.54) is 12.5 Å². The number of aromatic nitrogens is 3. The summed E-state index contributed by atoms with van der Waals surface area (Å²) in [4.78, 5) is 61.2. The van der Waals surface area contributed by atoms with Gasteiger partial charge in [0, 0.05) is 37.5 Å². The highest BCUT2D eigenvalue weighted by atomic mass is 19.4. The number of H-pyrrole nitrogens is 1. The number of alkyl halides is 3. The highest BCUT2D eigenvalue weighted by Crippen LogP contribution is 2.25. The lowest BCUT2D eigenvalue weighted by Gasteiger charge is -2.23. The van der Waals surface area contributed by atoms with Gasteiger partial charge in [-0.3, -0.25) is 14.4 Å². The number of esters is 2. The molecule has 0 saturated carbocycles. The van der Waals surface area contributed by atoms with Gasteiger partial charge in [-0.2, -0.15) is 13.2 Å². The van der Waals surface area contributed by atoms with Crippen molar-refractivity contribution in [2.75, 3.05) is 11.9 Å². The number of imidazole rings is 1. The third-order valence-corrected chi connectivity index (χ3v) is 6.98. The molecule has 4 N–H and O–H groups in total. The van der Waals surface area contributed by atoms with Crippen molar-refractivity contribution in [3.63, 3.8) is 0 Å². The van der Waals surface area contributed by atoms with Crippen LogP contribution in [0.2, 0.25) is 0 Å². The summed E-state index contributed by atoms with van der Waals surface area (Å²) < 4.78 is 42.3. The number of carbonyl (C=O) groups is 4. The molecule has 0 aliphatic rings. The molecule has 11 nitrogen and oxygen atoms in total. The van der Waals surface area contributed by atoms with Crippen LogP contribution in [0.25, 0.3) is 11.1 Å². The maximum atomic E-state index is 13.6. The van der Waals surface area contributed by atoms with Crippen LogP contribution in [-0.4, -0.2) is 57.5 Å². The van der Waals surface area contributed by atoms with Gasteiger partial charge in [-0.15, -0.1) is 0 Å². The Labute approximate surface area is 268 Å². The van der Waals surface area contributed by atoms with E-state index in [0.717, 1.165) is 11.1 Å². The van der Waals surface area contributed by atoms with Gasteiger partial charge in [-0.1, -0.05) is 60.7 Å². The SMILES string of the molecule is O=C(CCCCNc1ccccn1)N[C@@H](Cc1cnc[nH]1)C(=O)NC(CC(=O)OC(=O)C(F)(F)F)c1ccc(-c2ccccc2)cc1.